The Morgan fingerprint density at radius 3 is 2.57 bits per heavy atom. The van der Waals surface area contributed by atoms with Crippen LogP contribution in [0.3, 0.4) is 0 Å². The molecule has 2 aromatic rings. The van der Waals surface area contributed by atoms with E-state index in [0.29, 0.717) is 11.3 Å². The predicted molar refractivity (Wildman–Crippen MR) is 81.7 cm³/mol. The van der Waals surface area contributed by atoms with Crippen LogP contribution in [0.15, 0.2) is 36.8 Å². The Balaban J connectivity index is 2.08. The first-order chi connectivity index (χ1) is 10.1. The fourth-order valence-electron chi connectivity index (χ4n) is 1.95. The molecule has 21 heavy (non-hydrogen) atoms. The highest BCUT2D eigenvalue weighted by Crippen LogP contribution is 2.15. The number of carbonyl (C=O) groups excluding carboxylic acids is 1. The Hall–Kier alpha value is -2.63. The predicted octanol–water partition coefficient (Wildman–Crippen LogP) is 2.28. The molecule has 2 rings (SSSR count). The van der Waals surface area contributed by atoms with Crippen LogP contribution in [0.5, 0.6) is 5.75 Å². The Morgan fingerprint density at radius 2 is 2.00 bits per heavy atom. The minimum Gasteiger partial charge on any atom is -0.506 e. The minimum absolute atomic E-state index is 0.0438. The van der Waals surface area contributed by atoms with E-state index >= 15 is 0 Å². The van der Waals surface area contributed by atoms with Gasteiger partial charge in [0.15, 0.2) is 0 Å². The molecule has 0 saturated heterocycles. The standard InChI is InChI=1S/C15H18N4O2/c1-3-19(4-2)14-6-5-12(9-17-14)18-15(21)11-7-13(20)10-16-8-11/h5-10,20H,3-4H2,1-2H3,(H,18,21). The number of amides is 1. The topological polar surface area (TPSA) is 78.4 Å². The molecule has 0 fully saturated rings. The molecule has 0 bridgehead atoms. The van der Waals surface area contributed by atoms with E-state index in [9.17, 15) is 9.90 Å². The summed E-state index contributed by atoms with van der Waals surface area (Å²) in [7, 11) is 0. The monoisotopic (exact) mass is 286 g/mol. The summed E-state index contributed by atoms with van der Waals surface area (Å²) in [5.74, 6) is 0.491. The summed E-state index contributed by atoms with van der Waals surface area (Å²) in [5, 5.41) is 12.0. The van der Waals surface area contributed by atoms with Crippen LogP contribution in [-0.2, 0) is 0 Å². The molecule has 6 nitrogen and oxygen atoms in total. The van der Waals surface area contributed by atoms with Crippen LogP contribution < -0.4 is 10.2 Å². The van der Waals surface area contributed by atoms with Gasteiger partial charge >= 0.3 is 0 Å². The SMILES string of the molecule is CCN(CC)c1ccc(NC(=O)c2cncc(O)c2)cn1. The first-order valence-electron chi connectivity index (χ1n) is 6.80. The van der Waals surface area contributed by atoms with Crippen LogP contribution in [0.4, 0.5) is 11.5 Å². The molecule has 0 unspecified atom stereocenters. The van der Waals surface area contributed by atoms with Crippen molar-refractivity contribution in [2.45, 2.75) is 13.8 Å². The van der Waals surface area contributed by atoms with Crippen molar-refractivity contribution in [2.75, 3.05) is 23.3 Å². The second-order valence-corrected chi connectivity index (χ2v) is 4.46. The molecule has 0 atom stereocenters. The molecular weight excluding hydrogens is 268 g/mol. The van der Waals surface area contributed by atoms with E-state index in [4.69, 9.17) is 0 Å². The number of aromatic nitrogens is 2. The van der Waals surface area contributed by atoms with Crippen LogP contribution in [0.1, 0.15) is 24.2 Å². The highest BCUT2D eigenvalue weighted by molar-refractivity contribution is 6.04. The summed E-state index contributed by atoms with van der Waals surface area (Å²) >= 11 is 0. The number of rotatable bonds is 5. The van der Waals surface area contributed by atoms with Crippen molar-refractivity contribution in [3.63, 3.8) is 0 Å². The average molecular weight is 286 g/mol. The molecule has 2 heterocycles. The van der Waals surface area contributed by atoms with Crippen molar-refractivity contribution >= 4 is 17.4 Å². The highest BCUT2D eigenvalue weighted by Gasteiger charge is 2.08. The molecule has 0 saturated carbocycles. The number of nitrogens with zero attached hydrogens (tertiary/aromatic N) is 3. The summed E-state index contributed by atoms with van der Waals surface area (Å²) in [4.78, 5) is 22.2. The Bertz CT molecular complexity index is 609. The van der Waals surface area contributed by atoms with E-state index < -0.39 is 0 Å². The number of nitrogens with one attached hydrogen (secondary N) is 1. The van der Waals surface area contributed by atoms with E-state index in [1.807, 2.05) is 6.07 Å². The van der Waals surface area contributed by atoms with Gasteiger partial charge in [0.2, 0.25) is 0 Å². The second kappa shape index (κ2) is 6.69. The Labute approximate surface area is 123 Å². The maximum atomic E-state index is 12.0. The van der Waals surface area contributed by atoms with Gasteiger partial charge in [0.25, 0.3) is 5.91 Å². The van der Waals surface area contributed by atoms with Crippen LogP contribution in [-0.4, -0.2) is 34.1 Å². The van der Waals surface area contributed by atoms with Crippen molar-refractivity contribution in [2.24, 2.45) is 0 Å². The van der Waals surface area contributed by atoms with E-state index in [0.717, 1.165) is 18.9 Å². The number of hydrogen-bond donors (Lipinski definition) is 2. The van der Waals surface area contributed by atoms with Gasteiger partial charge < -0.3 is 15.3 Å². The van der Waals surface area contributed by atoms with E-state index in [1.54, 1.807) is 12.3 Å². The molecular formula is C15H18N4O2. The quantitative estimate of drug-likeness (QED) is 0.881. The molecule has 1 amide bonds. The zero-order chi connectivity index (χ0) is 15.2. The van der Waals surface area contributed by atoms with Gasteiger partial charge in [-0.2, -0.15) is 0 Å². The summed E-state index contributed by atoms with van der Waals surface area (Å²) in [6, 6.07) is 5.03. The summed E-state index contributed by atoms with van der Waals surface area (Å²) < 4.78 is 0. The Kier molecular flexibility index (Phi) is 4.71. The molecule has 0 spiro atoms. The summed E-state index contributed by atoms with van der Waals surface area (Å²) in [6.45, 7) is 5.89. The smallest absolute Gasteiger partial charge is 0.257 e. The van der Waals surface area contributed by atoms with Gasteiger partial charge in [-0.3, -0.25) is 9.78 Å². The van der Waals surface area contributed by atoms with E-state index in [-0.39, 0.29) is 11.7 Å². The first-order valence-corrected chi connectivity index (χ1v) is 6.80. The van der Waals surface area contributed by atoms with Crippen molar-refractivity contribution in [1.29, 1.82) is 0 Å². The van der Waals surface area contributed by atoms with E-state index in [1.165, 1.54) is 18.5 Å². The molecule has 0 aliphatic heterocycles. The van der Waals surface area contributed by atoms with Gasteiger partial charge in [-0.05, 0) is 32.0 Å². The number of aromatic hydroxyl groups is 1. The number of hydrogen-bond acceptors (Lipinski definition) is 5. The maximum absolute atomic E-state index is 12.0. The lowest BCUT2D eigenvalue weighted by Crippen LogP contribution is -2.22. The third kappa shape index (κ3) is 3.68. The van der Waals surface area contributed by atoms with Crippen LogP contribution >= 0.6 is 0 Å². The van der Waals surface area contributed by atoms with Crippen LogP contribution in [0, 0.1) is 0 Å². The lowest BCUT2D eigenvalue weighted by atomic mass is 10.2. The van der Waals surface area contributed by atoms with Crippen LogP contribution in [0.2, 0.25) is 0 Å². The van der Waals surface area contributed by atoms with Gasteiger partial charge in [0, 0.05) is 19.3 Å². The van der Waals surface area contributed by atoms with Gasteiger partial charge in [0.05, 0.1) is 23.6 Å². The van der Waals surface area contributed by atoms with E-state index in [2.05, 4.69) is 34.0 Å². The minimum atomic E-state index is -0.337. The van der Waals surface area contributed by atoms with Crippen molar-refractivity contribution in [3.8, 4) is 5.75 Å². The summed E-state index contributed by atoms with van der Waals surface area (Å²) in [5.41, 5.74) is 0.891. The van der Waals surface area contributed by atoms with Crippen molar-refractivity contribution in [1.82, 2.24) is 9.97 Å². The number of carbonyl (C=O) groups is 1. The second-order valence-electron chi connectivity index (χ2n) is 4.46. The van der Waals surface area contributed by atoms with Gasteiger partial charge in [0.1, 0.15) is 11.6 Å². The largest absolute Gasteiger partial charge is 0.506 e. The molecule has 0 aliphatic rings. The van der Waals surface area contributed by atoms with Crippen molar-refractivity contribution in [3.05, 3.63) is 42.4 Å². The van der Waals surface area contributed by atoms with Gasteiger partial charge in [-0.1, -0.05) is 0 Å². The van der Waals surface area contributed by atoms with Gasteiger partial charge in [-0.25, -0.2) is 4.98 Å². The third-order valence-corrected chi connectivity index (χ3v) is 3.08. The number of pyridine rings is 2. The lowest BCUT2D eigenvalue weighted by molar-refractivity contribution is 0.102. The maximum Gasteiger partial charge on any atom is 0.257 e. The Morgan fingerprint density at radius 1 is 1.24 bits per heavy atom. The third-order valence-electron chi connectivity index (χ3n) is 3.08. The first kappa shape index (κ1) is 14.8. The van der Waals surface area contributed by atoms with Crippen LogP contribution in [0.25, 0.3) is 0 Å². The fraction of sp³-hybridized carbons (Fsp3) is 0.267. The molecule has 0 aromatic carbocycles. The summed E-state index contributed by atoms with van der Waals surface area (Å²) in [6.07, 6.45) is 4.28. The fourth-order valence-corrected chi connectivity index (χ4v) is 1.95. The molecule has 0 aliphatic carbocycles. The normalized spacial score (nSPS) is 10.2. The molecule has 110 valence electrons. The molecule has 6 heteroatoms. The molecule has 2 aromatic heterocycles. The molecule has 0 radical (unpaired) electrons. The average Bonchev–Trinajstić information content (AvgIpc) is 2.50. The van der Waals surface area contributed by atoms with Gasteiger partial charge in [-0.15, -0.1) is 0 Å². The zero-order valence-electron chi connectivity index (χ0n) is 12.1. The van der Waals surface area contributed by atoms with Crippen molar-refractivity contribution < 1.29 is 9.90 Å². The number of anilines is 2. The lowest BCUT2D eigenvalue weighted by Gasteiger charge is -2.19. The zero-order valence-corrected chi connectivity index (χ0v) is 12.1. The highest BCUT2D eigenvalue weighted by atomic mass is 16.3. The molecule has 2 N–H and O–H groups in total.